The molecule has 0 aliphatic heterocycles. The van der Waals surface area contributed by atoms with Crippen molar-refractivity contribution in [3.8, 4) is 0 Å². The molecular formula is C15H17Cl3N6O. The Bertz CT molecular complexity index is 870. The Kier molecular flexibility index (Phi) is 6.66. The van der Waals surface area contributed by atoms with Crippen LogP contribution in [-0.2, 0) is 7.05 Å². The molecule has 0 spiro atoms. The fourth-order valence-corrected chi connectivity index (χ4v) is 2.50. The number of aromatic nitrogens is 4. The minimum atomic E-state index is 0. The molecule has 1 aromatic carbocycles. The largest absolute Gasteiger partial charge is 0.396 e. The lowest BCUT2D eigenvalue weighted by atomic mass is 10.3. The fourth-order valence-electron chi connectivity index (χ4n) is 2.20. The first-order valence-corrected chi connectivity index (χ1v) is 8.10. The molecule has 0 radical (unpaired) electrons. The third kappa shape index (κ3) is 4.43. The first-order chi connectivity index (χ1) is 11.6. The highest BCUT2D eigenvalue weighted by Crippen LogP contribution is 2.27. The highest BCUT2D eigenvalue weighted by molar-refractivity contribution is 6.42. The van der Waals surface area contributed by atoms with E-state index in [4.69, 9.17) is 28.3 Å². The molecule has 3 rings (SSSR count). The smallest absolute Gasteiger partial charge is 0.231 e. The Morgan fingerprint density at radius 2 is 2.00 bits per heavy atom. The Morgan fingerprint density at radius 1 is 1.20 bits per heavy atom. The molecule has 3 aromatic rings. The second-order valence-electron chi connectivity index (χ2n) is 5.16. The van der Waals surface area contributed by atoms with E-state index >= 15 is 0 Å². The van der Waals surface area contributed by atoms with Gasteiger partial charge in [-0.1, -0.05) is 23.2 Å². The van der Waals surface area contributed by atoms with Crippen molar-refractivity contribution < 1.29 is 5.11 Å². The molecule has 3 N–H and O–H groups in total. The molecule has 25 heavy (non-hydrogen) atoms. The van der Waals surface area contributed by atoms with Crippen LogP contribution in [0, 0.1) is 0 Å². The van der Waals surface area contributed by atoms with E-state index in [-0.39, 0.29) is 19.0 Å². The average molecular weight is 404 g/mol. The SMILES string of the molecule is Cl.Cn1ncc2c(NCCCO)nc(Nc3ccc(Cl)c(Cl)c3)nc21. The number of hydrogen-bond acceptors (Lipinski definition) is 6. The third-order valence-corrected chi connectivity index (χ3v) is 4.13. The average Bonchev–Trinajstić information content (AvgIpc) is 2.93. The number of anilines is 3. The lowest BCUT2D eigenvalue weighted by Gasteiger charge is -2.10. The summed E-state index contributed by atoms with van der Waals surface area (Å²) in [5.74, 6) is 1.07. The summed E-state index contributed by atoms with van der Waals surface area (Å²) in [7, 11) is 1.82. The summed E-state index contributed by atoms with van der Waals surface area (Å²) in [6.45, 7) is 0.715. The Labute approximate surface area is 160 Å². The number of aliphatic hydroxyl groups excluding tert-OH is 1. The predicted molar refractivity (Wildman–Crippen MR) is 103 cm³/mol. The lowest BCUT2D eigenvalue weighted by molar-refractivity contribution is 0.292. The molecule has 0 aliphatic carbocycles. The van der Waals surface area contributed by atoms with E-state index in [1.165, 1.54) is 0 Å². The highest BCUT2D eigenvalue weighted by Gasteiger charge is 2.12. The number of rotatable bonds is 6. The summed E-state index contributed by atoms with van der Waals surface area (Å²) in [5.41, 5.74) is 1.42. The lowest BCUT2D eigenvalue weighted by Crippen LogP contribution is -2.08. The maximum Gasteiger partial charge on any atom is 0.231 e. The first-order valence-electron chi connectivity index (χ1n) is 7.35. The van der Waals surface area contributed by atoms with Crippen LogP contribution in [0.5, 0.6) is 0 Å². The van der Waals surface area contributed by atoms with Gasteiger partial charge in [-0.15, -0.1) is 12.4 Å². The van der Waals surface area contributed by atoms with Crippen molar-refractivity contribution in [3.63, 3.8) is 0 Å². The summed E-state index contributed by atoms with van der Waals surface area (Å²) in [6, 6.07) is 5.21. The Morgan fingerprint density at radius 3 is 2.72 bits per heavy atom. The predicted octanol–water partition coefficient (Wildman–Crippen LogP) is 3.63. The van der Waals surface area contributed by atoms with Gasteiger partial charge in [-0.25, -0.2) is 0 Å². The van der Waals surface area contributed by atoms with Gasteiger partial charge >= 0.3 is 0 Å². The molecule has 10 heteroatoms. The third-order valence-electron chi connectivity index (χ3n) is 3.40. The van der Waals surface area contributed by atoms with Crippen molar-refractivity contribution in [3.05, 3.63) is 34.4 Å². The van der Waals surface area contributed by atoms with Gasteiger partial charge in [0.2, 0.25) is 5.95 Å². The van der Waals surface area contributed by atoms with Crippen molar-refractivity contribution in [1.82, 2.24) is 19.7 Å². The summed E-state index contributed by atoms with van der Waals surface area (Å²) in [6.07, 6.45) is 2.33. The number of benzene rings is 1. The molecule has 0 aliphatic rings. The molecule has 0 atom stereocenters. The van der Waals surface area contributed by atoms with Crippen LogP contribution in [0.25, 0.3) is 11.0 Å². The number of fused-ring (bicyclic) bond motifs is 1. The van der Waals surface area contributed by atoms with E-state index in [0.717, 1.165) is 11.1 Å². The van der Waals surface area contributed by atoms with Crippen molar-refractivity contribution in [2.24, 2.45) is 7.05 Å². The van der Waals surface area contributed by atoms with Crippen LogP contribution in [0.15, 0.2) is 24.4 Å². The van der Waals surface area contributed by atoms with Gasteiger partial charge in [0.1, 0.15) is 5.82 Å². The summed E-state index contributed by atoms with van der Waals surface area (Å²) < 4.78 is 1.67. The second-order valence-corrected chi connectivity index (χ2v) is 5.97. The second kappa shape index (κ2) is 8.53. The van der Waals surface area contributed by atoms with Crippen molar-refractivity contribution >= 4 is 64.1 Å². The van der Waals surface area contributed by atoms with Crippen molar-refractivity contribution in [2.45, 2.75) is 6.42 Å². The molecule has 0 bridgehead atoms. The molecule has 0 unspecified atom stereocenters. The van der Waals surface area contributed by atoms with Crippen LogP contribution < -0.4 is 10.6 Å². The van der Waals surface area contributed by atoms with Gasteiger partial charge in [-0.05, 0) is 24.6 Å². The van der Waals surface area contributed by atoms with Gasteiger partial charge in [0, 0.05) is 25.9 Å². The Balaban J connectivity index is 0.00000225. The monoisotopic (exact) mass is 402 g/mol. The van der Waals surface area contributed by atoms with E-state index in [1.54, 1.807) is 29.1 Å². The maximum atomic E-state index is 8.93. The van der Waals surface area contributed by atoms with Crippen LogP contribution in [-0.4, -0.2) is 38.0 Å². The van der Waals surface area contributed by atoms with E-state index in [2.05, 4.69) is 25.7 Å². The van der Waals surface area contributed by atoms with Crippen LogP contribution >= 0.6 is 35.6 Å². The fraction of sp³-hybridized carbons (Fsp3) is 0.267. The zero-order chi connectivity index (χ0) is 17.1. The molecule has 0 saturated heterocycles. The van der Waals surface area contributed by atoms with Crippen molar-refractivity contribution in [2.75, 3.05) is 23.8 Å². The van der Waals surface area contributed by atoms with Gasteiger partial charge in [0.05, 0.1) is 21.6 Å². The zero-order valence-corrected chi connectivity index (χ0v) is 15.7. The van der Waals surface area contributed by atoms with Crippen molar-refractivity contribution in [1.29, 1.82) is 0 Å². The molecule has 0 amide bonds. The standard InChI is InChI=1S/C15H16Cl2N6O.ClH/c1-23-14-10(8-19-23)13(18-5-2-6-24)21-15(22-14)20-9-3-4-11(16)12(17)7-9;/h3-4,7-8,24H,2,5-6H2,1H3,(H2,18,20,21,22);1H. The first kappa shape index (κ1) is 19.5. The quantitative estimate of drug-likeness (QED) is 0.545. The minimum Gasteiger partial charge on any atom is -0.396 e. The maximum absolute atomic E-state index is 8.93. The molecule has 134 valence electrons. The molecule has 7 nitrogen and oxygen atoms in total. The summed E-state index contributed by atoms with van der Waals surface area (Å²) >= 11 is 12.0. The molecular weight excluding hydrogens is 387 g/mol. The highest BCUT2D eigenvalue weighted by atomic mass is 35.5. The summed E-state index contributed by atoms with van der Waals surface area (Å²) in [4.78, 5) is 8.97. The van der Waals surface area contributed by atoms with Gasteiger partial charge < -0.3 is 15.7 Å². The van der Waals surface area contributed by atoms with Gasteiger partial charge in [0.25, 0.3) is 0 Å². The van der Waals surface area contributed by atoms with Gasteiger partial charge in [-0.2, -0.15) is 15.1 Å². The minimum absolute atomic E-state index is 0. The number of hydrogen-bond donors (Lipinski definition) is 3. The van der Waals surface area contributed by atoms with E-state index < -0.39 is 0 Å². The van der Waals surface area contributed by atoms with Crippen LogP contribution in [0.2, 0.25) is 10.0 Å². The number of aryl methyl sites for hydroxylation is 1. The number of halogens is 3. The van der Waals surface area contributed by atoms with Crippen LogP contribution in [0.4, 0.5) is 17.5 Å². The Hall–Kier alpha value is -1.80. The molecule has 0 saturated carbocycles. The molecule has 0 fully saturated rings. The van der Waals surface area contributed by atoms with E-state index in [9.17, 15) is 0 Å². The normalized spacial score (nSPS) is 10.6. The molecule has 2 heterocycles. The number of nitrogens with zero attached hydrogens (tertiary/aromatic N) is 4. The van der Waals surface area contributed by atoms with E-state index in [0.29, 0.717) is 40.4 Å². The number of aliphatic hydroxyl groups is 1. The molecule has 2 aromatic heterocycles. The van der Waals surface area contributed by atoms with E-state index in [1.807, 2.05) is 7.05 Å². The van der Waals surface area contributed by atoms with Crippen LogP contribution in [0.3, 0.4) is 0 Å². The topological polar surface area (TPSA) is 87.9 Å². The summed E-state index contributed by atoms with van der Waals surface area (Å²) in [5, 5.41) is 21.2. The van der Waals surface area contributed by atoms with Gasteiger partial charge in [-0.3, -0.25) is 4.68 Å². The van der Waals surface area contributed by atoms with Crippen LogP contribution in [0.1, 0.15) is 6.42 Å². The zero-order valence-electron chi connectivity index (χ0n) is 13.3. The number of nitrogens with one attached hydrogen (secondary N) is 2. The van der Waals surface area contributed by atoms with Gasteiger partial charge in [0.15, 0.2) is 5.65 Å².